The number of carbonyl (C=O) groups is 3. The largest absolute Gasteiger partial charge is 0.450 e. The molecule has 5 heteroatoms. The minimum Gasteiger partial charge on any atom is -0.450 e. The number of aliphatic hydroxyl groups is 1. The topological polar surface area (TPSA) is 80.7 Å². The van der Waals surface area contributed by atoms with Crippen molar-refractivity contribution in [1.29, 1.82) is 0 Å². The molecule has 0 aromatic heterocycles. The fourth-order valence-corrected chi connectivity index (χ4v) is 7.67. The van der Waals surface area contributed by atoms with Gasteiger partial charge in [0.15, 0.2) is 17.2 Å². The Morgan fingerprint density at radius 1 is 1.28 bits per heavy atom. The molecule has 7 atom stereocenters. The summed E-state index contributed by atoms with van der Waals surface area (Å²) in [6.45, 7) is 11.7. The number of aliphatic hydroxyl groups excluding tert-OH is 1. The van der Waals surface area contributed by atoms with E-state index in [-0.39, 0.29) is 41.2 Å². The maximum atomic E-state index is 13.2. The second-order valence-electron chi connectivity index (χ2n) is 11.1. The Hall–Kier alpha value is -2.01. The van der Waals surface area contributed by atoms with Crippen LogP contribution < -0.4 is 0 Å². The lowest BCUT2D eigenvalue weighted by atomic mass is 9.52. The normalized spacial score (nSPS) is 41.4. The molecule has 5 nitrogen and oxygen atoms in total. The summed E-state index contributed by atoms with van der Waals surface area (Å²) in [4.78, 5) is 38.0. The summed E-state index contributed by atoms with van der Waals surface area (Å²) in [5.74, 6) is -0.261. The van der Waals surface area contributed by atoms with Gasteiger partial charge in [-0.3, -0.25) is 14.4 Å². The number of hydrogen-bond acceptors (Lipinski definition) is 5. The first-order valence-corrected chi connectivity index (χ1v) is 12.0. The first kappa shape index (κ1) is 23.2. The predicted octanol–water partition coefficient (Wildman–Crippen LogP) is 4.49. The van der Waals surface area contributed by atoms with Crippen molar-refractivity contribution >= 4 is 17.5 Å². The molecule has 174 valence electrons. The number of hydrogen-bond donors (Lipinski definition) is 1. The molecule has 0 heterocycles. The Kier molecular flexibility index (Phi) is 5.44. The van der Waals surface area contributed by atoms with Crippen molar-refractivity contribution in [3.8, 4) is 0 Å². The molecule has 0 aromatic carbocycles. The molecule has 0 amide bonds. The smallest absolute Gasteiger partial charge is 0.309 e. The number of ketones is 2. The second-order valence-corrected chi connectivity index (χ2v) is 11.1. The van der Waals surface area contributed by atoms with Gasteiger partial charge in [-0.1, -0.05) is 38.0 Å². The first-order chi connectivity index (χ1) is 14.9. The van der Waals surface area contributed by atoms with Gasteiger partial charge >= 0.3 is 5.97 Å². The van der Waals surface area contributed by atoms with Crippen LogP contribution in [0.2, 0.25) is 0 Å². The zero-order valence-electron chi connectivity index (χ0n) is 20.2. The average Bonchev–Trinajstić information content (AvgIpc) is 2.91. The van der Waals surface area contributed by atoms with Crippen molar-refractivity contribution < 1.29 is 24.2 Å². The minimum absolute atomic E-state index is 0.0594. The molecule has 4 aliphatic carbocycles. The number of carbonyl (C=O) groups excluding carboxylic acids is 3. The predicted molar refractivity (Wildman–Crippen MR) is 122 cm³/mol. The highest BCUT2D eigenvalue weighted by molar-refractivity contribution is 6.01. The lowest BCUT2D eigenvalue weighted by Crippen LogP contribution is -2.58. The lowest BCUT2D eigenvalue weighted by molar-refractivity contribution is -0.188. The van der Waals surface area contributed by atoms with Crippen molar-refractivity contribution in [3.05, 3.63) is 34.9 Å². The molecule has 0 radical (unpaired) electrons. The van der Waals surface area contributed by atoms with E-state index in [4.69, 9.17) is 4.74 Å². The van der Waals surface area contributed by atoms with Crippen molar-refractivity contribution in [3.63, 3.8) is 0 Å². The molecule has 32 heavy (non-hydrogen) atoms. The minimum atomic E-state index is -1.18. The summed E-state index contributed by atoms with van der Waals surface area (Å²) in [7, 11) is 0. The Balaban J connectivity index is 1.80. The van der Waals surface area contributed by atoms with Gasteiger partial charge in [-0.2, -0.15) is 0 Å². The van der Waals surface area contributed by atoms with Gasteiger partial charge in [0.2, 0.25) is 0 Å². The number of esters is 1. The van der Waals surface area contributed by atoms with Gasteiger partial charge in [0.25, 0.3) is 0 Å². The third kappa shape index (κ3) is 3.03. The van der Waals surface area contributed by atoms with Crippen molar-refractivity contribution in [1.82, 2.24) is 0 Å². The Morgan fingerprint density at radius 2 is 1.97 bits per heavy atom. The fraction of sp³-hybridized carbons (Fsp3) is 0.667. The summed E-state index contributed by atoms with van der Waals surface area (Å²) in [6, 6.07) is 0. The monoisotopic (exact) mass is 440 g/mol. The molecule has 1 N–H and O–H groups in total. The molecule has 4 rings (SSSR count). The van der Waals surface area contributed by atoms with Gasteiger partial charge in [-0.15, -0.1) is 0 Å². The summed E-state index contributed by atoms with van der Waals surface area (Å²) in [5, 5.41) is 9.69. The van der Waals surface area contributed by atoms with Crippen LogP contribution in [0, 0.1) is 28.6 Å². The molecule has 1 fully saturated rings. The molecular weight excluding hydrogens is 404 g/mol. The summed E-state index contributed by atoms with van der Waals surface area (Å²) >= 11 is 0. The highest BCUT2D eigenvalue weighted by atomic mass is 16.6. The van der Waals surface area contributed by atoms with Gasteiger partial charge in [-0.25, -0.2) is 0 Å². The third-order valence-corrected chi connectivity index (χ3v) is 9.03. The summed E-state index contributed by atoms with van der Waals surface area (Å²) in [5.41, 5.74) is 2.05. The van der Waals surface area contributed by atoms with Crippen LogP contribution in [0.4, 0.5) is 0 Å². The van der Waals surface area contributed by atoms with E-state index in [9.17, 15) is 19.5 Å². The van der Waals surface area contributed by atoms with E-state index in [1.54, 1.807) is 19.9 Å². The Morgan fingerprint density at radius 3 is 2.59 bits per heavy atom. The number of fused-ring (bicyclic) bond motifs is 4. The molecule has 0 spiro atoms. The highest BCUT2D eigenvalue weighted by Crippen LogP contribution is 2.67. The van der Waals surface area contributed by atoms with E-state index in [0.717, 1.165) is 25.7 Å². The van der Waals surface area contributed by atoms with Crippen LogP contribution in [0.25, 0.3) is 0 Å². The van der Waals surface area contributed by atoms with Crippen molar-refractivity contribution in [2.24, 2.45) is 28.6 Å². The Labute approximate surface area is 191 Å². The van der Waals surface area contributed by atoms with Gasteiger partial charge in [0.05, 0.1) is 12.5 Å². The molecule has 1 unspecified atom stereocenters. The van der Waals surface area contributed by atoms with Crippen LogP contribution in [0.15, 0.2) is 34.9 Å². The Bertz CT molecular complexity index is 969. The zero-order valence-corrected chi connectivity index (χ0v) is 20.2. The van der Waals surface area contributed by atoms with E-state index in [2.05, 4.69) is 26.8 Å². The van der Waals surface area contributed by atoms with Crippen LogP contribution in [0.1, 0.15) is 73.6 Å². The number of rotatable bonds is 4. The second kappa shape index (κ2) is 7.51. The van der Waals surface area contributed by atoms with Gasteiger partial charge < -0.3 is 9.84 Å². The number of Topliss-reactive ketones (excluding diaryl/α,β-unsaturated/α-hetero) is 1. The van der Waals surface area contributed by atoms with E-state index in [0.29, 0.717) is 0 Å². The third-order valence-electron chi connectivity index (χ3n) is 9.03. The molecule has 0 bridgehead atoms. The first-order valence-electron chi connectivity index (χ1n) is 12.0. The number of ether oxygens (including phenoxy) is 1. The highest BCUT2D eigenvalue weighted by Gasteiger charge is 2.68. The fourth-order valence-electron chi connectivity index (χ4n) is 7.67. The zero-order chi connectivity index (χ0) is 23.6. The van der Waals surface area contributed by atoms with Gasteiger partial charge in [0.1, 0.15) is 0 Å². The molecule has 0 aromatic rings. The van der Waals surface area contributed by atoms with Gasteiger partial charge in [0, 0.05) is 16.7 Å². The SMILES string of the molecule is CC(=O)[C@@]1(OC(=O)CC(C)O)[C@@H](C)C[C@H]2C3=C(CC[C@@]21C)[C@@]1(C)C=CC(=O)C=C1[C@@H](C)C3. The lowest BCUT2D eigenvalue weighted by Gasteiger charge is -2.53. The maximum Gasteiger partial charge on any atom is 0.309 e. The van der Waals surface area contributed by atoms with E-state index >= 15 is 0 Å². The molecule has 1 saturated carbocycles. The quantitative estimate of drug-likeness (QED) is 0.514. The molecule has 0 aliphatic heterocycles. The molecule has 4 aliphatic rings. The van der Waals surface area contributed by atoms with E-state index in [1.807, 2.05) is 13.0 Å². The van der Waals surface area contributed by atoms with Gasteiger partial charge in [-0.05, 0) is 76.0 Å². The van der Waals surface area contributed by atoms with Crippen LogP contribution >= 0.6 is 0 Å². The summed E-state index contributed by atoms with van der Waals surface area (Å²) in [6.07, 6.45) is 7.89. The maximum absolute atomic E-state index is 13.2. The standard InChI is InChI=1S/C27H36O5/c1-15-11-20-21(25(5)9-7-19(30)14-22(15)25)8-10-26(6)23(20)12-16(2)27(26,18(4)29)32-24(31)13-17(3)28/h7,9,14-17,23,28H,8,10-13H2,1-6H3/t15-,16-,17?,23-,25+,26-,27-/m0/s1. The van der Waals surface area contributed by atoms with Crippen LogP contribution in [0.5, 0.6) is 0 Å². The van der Waals surface area contributed by atoms with Crippen LogP contribution in [0.3, 0.4) is 0 Å². The van der Waals surface area contributed by atoms with Crippen LogP contribution in [-0.4, -0.2) is 34.3 Å². The van der Waals surface area contributed by atoms with Crippen LogP contribution in [-0.2, 0) is 19.1 Å². The molecular formula is C27H36O5. The molecule has 0 saturated heterocycles. The summed E-state index contributed by atoms with van der Waals surface area (Å²) < 4.78 is 6.07. The van der Waals surface area contributed by atoms with Crippen molar-refractivity contribution in [2.45, 2.75) is 85.4 Å². The van der Waals surface area contributed by atoms with Crippen molar-refractivity contribution in [2.75, 3.05) is 0 Å². The average molecular weight is 441 g/mol. The number of allylic oxidation sites excluding steroid dienone is 6. The van der Waals surface area contributed by atoms with E-state index < -0.39 is 23.1 Å². The van der Waals surface area contributed by atoms with E-state index in [1.165, 1.54) is 16.7 Å².